The number of ether oxygens (including phenoxy) is 1. The van der Waals surface area contributed by atoms with Crippen LogP contribution in [0, 0.1) is 0 Å². The molecule has 1 aromatic rings. The van der Waals surface area contributed by atoms with E-state index in [1.165, 1.54) is 18.4 Å². The second-order valence-corrected chi connectivity index (χ2v) is 8.98. The number of nitrogens with two attached hydrogens (primary N) is 1. The van der Waals surface area contributed by atoms with Crippen molar-refractivity contribution in [2.75, 3.05) is 5.75 Å². The predicted octanol–water partition coefficient (Wildman–Crippen LogP) is 3.36. The monoisotopic (exact) mass is 324 g/mol. The van der Waals surface area contributed by atoms with E-state index in [-0.39, 0.29) is 6.04 Å². The van der Waals surface area contributed by atoms with Gasteiger partial charge in [-0.15, -0.1) is 0 Å². The summed E-state index contributed by atoms with van der Waals surface area (Å²) in [7, 11) is 0. The van der Waals surface area contributed by atoms with Crippen LogP contribution in [-0.4, -0.2) is 27.6 Å². The van der Waals surface area contributed by atoms with Crippen molar-refractivity contribution < 1.29 is 4.74 Å². The van der Waals surface area contributed by atoms with E-state index in [0.717, 1.165) is 11.5 Å². The highest BCUT2D eigenvalue weighted by molar-refractivity contribution is 8.07. The molecule has 2 aliphatic rings. The maximum absolute atomic E-state index is 5.91. The van der Waals surface area contributed by atoms with Gasteiger partial charge < -0.3 is 4.74 Å². The number of nitrogens with one attached hydrogen (secondary N) is 1. The molecule has 1 heterocycles. The summed E-state index contributed by atoms with van der Waals surface area (Å²) in [6.45, 7) is 4.63. The summed E-state index contributed by atoms with van der Waals surface area (Å²) < 4.78 is 5.91. The first-order chi connectivity index (χ1) is 10.2. The molecule has 2 fully saturated rings. The zero-order chi connectivity index (χ0) is 14.8. The van der Waals surface area contributed by atoms with E-state index in [4.69, 9.17) is 10.6 Å². The minimum atomic E-state index is 0.181. The van der Waals surface area contributed by atoms with Gasteiger partial charge in [-0.1, -0.05) is 26.0 Å². The standard InChI is InChI=1S/C16H24N2OS2/c1-10-11(2)21-15(9-20-10)16(18-17)12-4-3-5-14(8-12)19-13-6-7-13/h3-5,8,10-11,13,15-16,18H,6-7,9,17H2,1-2H3. The van der Waals surface area contributed by atoms with Crippen LogP contribution in [0.25, 0.3) is 0 Å². The average Bonchev–Trinajstić information content (AvgIpc) is 3.28. The Morgan fingerprint density at radius 3 is 2.76 bits per heavy atom. The topological polar surface area (TPSA) is 47.3 Å². The molecule has 5 heteroatoms. The quantitative estimate of drug-likeness (QED) is 0.642. The molecular formula is C16H24N2OS2. The number of hydrogen-bond acceptors (Lipinski definition) is 5. The van der Waals surface area contributed by atoms with E-state index in [1.54, 1.807) is 0 Å². The fourth-order valence-electron chi connectivity index (χ4n) is 2.56. The number of hydrazine groups is 1. The van der Waals surface area contributed by atoms with Crippen LogP contribution in [0.15, 0.2) is 24.3 Å². The van der Waals surface area contributed by atoms with Gasteiger partial charge in [0.05, 0.1) is 12.1 Å². The summed E-state index contributed by atoms with van der Waals surface area (Å²) in [5.41, 5.74) is 4.26. The van der Waals surface area contributed by atoms with Crippen molar-refractivity contribution in [2.24, 2.45) is 5.84 Å². The van der Waals surface area contributed by atoms with Crippen molar-refractivity contribution in [1.82, 2.24) is 5.43 Å². The smallest absolute Gasteiger partial charge is 0.120 e. The molecule has 0 aromatic heterocycles. The van der Waals surface area contributed by atoms with Gasteiger partial charge in [-0.2, -0.15) is 23.5 Å². The molecule has 1 aliphatic heterocycles. The Balaban J connectivity index is 1.72. The van der Waals surface area contributed by atoms with Gasteiger partial charge in [0, 0.05) is 21.5 Å². The first-order valence-electron chi connectivity index (χ1n) is 7.67. The van der Waals surface area contributed by atoms with Crippen molar-refractivity contribution >= 4 is 23.5 Å². The number of rotatable bonds is 5. The van der Waals surface area contributed by atoms with E-state index in [1.807, 2.05) is 29.6 Å². The van der Waals surface area contributed by atoms with Gasteiger partial charge >= 0.3 is 0 Å². The molecule has 1 aliphatic carbocycles. The van der Waals surface area contributed by atoms with Crippen LogP contribution in [0.3, 0.4) is 0 Å². The van der Waals surface area contributed by atoms with Gasteiger partial charge in [-0.05, 0) is 30.5 Å². The number of thioether (sulfide) groups is 2. The van der Waals surface area contributed by atoms with Gasteiger partial charge in [-0.25, -0.2) is 0 Å². The van der Waals surface area contributed by atoms with E-state index in [9.17, 15) is 0 Å². The van der Waals surface area contributed by atoms with Crippen LogP contribution >= 0.6 is 23.5 Å². The molecule has 3 rings (SSSR count). The van der Waals surface area contributed by atoms with Crippen LogP contribution in [0.2, 0.25) is 0 Å². The van der Waals surface area contributed by atoms with Gasteiger partial charge in [0.15, 0.2) is 0 Å². The number of hydrogen-bond donors (Lipinski definition) is 2. The molecular weight excluding hydrogens is 300 g/mol. The van der Waals surface area contributed by atoms with Gasteiger partial charge in [0.2, 0.25) is 0 Å². The molecule has 1 saturated carbocycles. The number of benzene rings is 1. The lowest BCUT2D eigenvalue weighted by molar-refractivity contribution is 0.302. The summed E-state index contributed by atoms with van der Waals surface area (Å²) >= 11 is 4.10. The van der Waals surface area contributed by atoms with E-state index < -0.39 is 0 Å². The zero-order valence-electron chi connectivity index (χ0n) is 12.6. The zero-order valence-corrected chi connectivity index (χ0v) is 14.3. The van der Waals surface area contributed by atoms with Crippen molar-refractivity contribution in [1.29, 1.82) is 0 Å². The highest BCUT2D eigenvalue weighted by atomic mass is 32.2. The first kappa shape index (κ1) is 15.5. The fourth-order valence-corrected chi connectivity index (χ4v) is 5.66. The highest BCUT2D eigenvalue weighted by Gasteiger charge is 2.32. The predicted molar refractivity (Wildman–Crippen MR) is 92.9 cm³/mol. The molecule has 1 saturated heterocycles. The minimum absolute atomic E-state index is 0.181. The average molecular weight is 325 g/mol. The second kappa shape index (κ2) is 6.82. The maximum Gasteiger partial charge on any atom is 0.120 e. The van der Waals surface area contributed by atoms with Gasteiger partial charge in [-0.3, -0.25) is 11.3 Å². The highest BCUT2D eigenvalue weighted by Crippen LogP contribution is 2.41. The van der Waals surface area contributed by atoms with E-state index in [2.05, 4.69) is 37.5 Å². The summed E-state index contributed by atoms with van der Waals surface area (Å²) in [5, 5.41) is 1.88. The van der Waals surface area contributed by atoms with Crippen molar-refractivity contribution in [3.8, 4) is 5.75 Å². The lowest BCUT2D eigenvalue weighted by Crippen LogP contribution is -2.40. The summed E-state index contributed by atoms with van der Waals surface area (Å²) in [6, 6.07) is 8.60. The first-order valence-corrected chi connectivity index (χ1v) is 9.66. The molecule has 21 heavy (non-hydrogen) atoms. The largest absolute Gasteiger partial charge is 0.490 e. The third-order valence-corrected chi connectivity index (χ3v) is 7.66. The molecule has 0 amide bonds. The lowest BCUT2D eigenvalue weighted by Gasteiger charge is -2.35. The Morgan fingerprint density at radius 1 is 1.29 bits per heavy atom. The summed E-state index contributed by atoms with van der Waals surface area (Å²) in [5.74, 6) is 7.98. The molecule has 0 spiro atoms. The Hall–Kier alpha value is -0.360. The second-order valence-electron chi connectivity index (χ2n) is 5.95. The fraction of sp³-hybridized carbons (Fsp3) is 0.625. The van der Waals surface area contributed by atoms with Crippen molar-refractivity contribution in [3.63, 3.8) is 0 Å². The van der Waals surface area contributed by atoms with Crippen molar-refractivity contribution in [3.05, 3.63) is 29.8 Å². The molecule has 1 aromatic carbocycles. The molecule has 4 unspecified atom stereocenters. The van der Waals surface area contributed by atoms with Gasteiger partial charge in [0.25, 0.3) is 0 Å². The SMILES string of the molecule is CC1SCC(C(NN)c2cccc(OC3CC3)c2)SC1C. The molecule has 0 radical (unpaired) electrons. The lowest BCUT2D eigenvalue weighted by atomic mass is 10.0. The maximum atomic E-state index is 5.91. The summed E-state index contributed by atoms with van der Waals surface area (Å²) in [6.07, 6.45) is 2.81. The minimum Gasteiger partial charge on any atom is -0.490 e. The Labute approximate surface area is 135 Å². The molecule has 116 valence electrons. The third kappa shape index (κ3) is 3.89. The summed E-state index contributed by atoms with van der Waals surface area (Å²) in [4.78, 5) is 0. The third-order valence-electron chi connectivity index (χ3n) is 4.17. The van der Waals surface area contributed by atoms with E-state index >= 15 is 0 Å². The normalized spacial score (nSPS) is 30.9. The van der Waals surface area contributed by atoms with E-state index in [0.29, 0.717) is 21.9 Å². The Kier molecular flexibility index (Phi) is 5.04. The van der Waals surface area contributed by atoms with Crippen LogP contribution in [-0.2, 0) is 0 Å². The van der Waals surface area contributed by atoms with Crippen LogP contribution in [0.5, 0.6) is 5.75 Å². The van der Waals surface area contributed by atoms with Crippen LogP contribution < -0.4 is 16.0 Å². The molecule has 3 N–H and O–H groups in total. The Bertz CT molecular complexity index is 481. The Morgan fingerprint density at radius 2 is 2.10 bits per heavy atom. The van der Waals surface area contributed by atoms with Crippen LogP contribution in [0.4, 0.5) is 0 Å². The van der Waals surface area contributed by atoms with Crippen LogP contribution in [0.1, 0.15) is 38.3 Å². The molecule has 0 bridgehead atoms. The van der Waals surface area contributed by atoms with Gasteiger partial charge in [0.1, 0.15) is 5.75 Å². The van der Waals surface area contributed by atoms with Crippen molar-refractivity contribution in [2.45, 2.75) is 54.6 Å². The molecule has 3 nitrogen and oxygen atoms in total. The molecule has 4 atom stereocenters.